The van der Waals surface area contributed by atoms with Gasteiger partial charge in [0.1, 0.15) is 5.82 Å². The fourth-order valence-corrected chi connectivity index (χ4v) is 3.19. The Bertz CT molecular complexity index is 575. The number of thiophene rings is 1. The third-order valence-corrected chi connectivity index (χ3v) is 4.01. The molecule has 1 unspecified atom stereocenters. The number of hydrogen-bond acceptors (Lipinski definition) is 5. The SMILES string of the molecule is CCOC(=O)c1ncn(C(c2cccs2)C(C)C)c1N. The van der Waals surface area contributed by atoms with Crippen LogP contribution in [-0.4, -0.2) is 22.1 Å². The van der Waals surface area contributed by atoms with E-state index in [0.717, 1.165) is 0 Å². The summed E-state index contributed by atoms with van der Waals surface area (Å²) in [6.07, 6.45) is 1.62. The molecule has 0 aromatic carbocycles. The summed E-state index contributed by atoms with van der Waals surface area (Å²) in [4.78, 5) is 17.1. The van der Waals surface area contributed by atoms with Crippen LogP contribution in [0.25, 0.3) is 0 Å². The molecule has 0 saturated carbocycles. The smallest absolute Gasteiger partial charge is 0.360 e. The highest BCUT2D eigenvalue weighted by Crippen LogP contribution is 2.32. The zero-order chi connectivity index (χ0) is 14.7. The summed E-state index contributed by atoms with van der Waals surface area (Å²) in [6.45, 7) is 6.30. The predicted molar refractivity (Wildman–Crippen MR) is 79.9 cm³/mol. The molecule has 0 fully saturated rings. The van der Waals surface area contributed by atoms with Crippen molar-refractivity contribution in [2.75, 3.05) is 12.3 Å². The lowest BCUT2D eigenvalue weighted by Gasteiger charge is -2.22. The van der Waals surface area contributed by atoms with E-state index in [0.29, 0.717) is 18.3 Å². The molecule has 0 saturated heterocycles. The van der Waals surface area contributed by atoms with E-state index < -0.39 is 5.97 Å². The molecule has 2 aromatic heterocycles. The van der Waals surface area contributed by atoms with Crippen molar-refractivity contribution in [2.24, 2.45) is 5.92 Å². The number of nitrogens with two attached hydrogens (primary N) is 1. The first-order valence-electron chi connectivity index (χ1n) is 6.59. The number of aromatic nitrogens is 2. The van der Waals surface area contributed by atoms with Crippen molar-refractivity contribution >= 4 is 23.1 Å². The van der Waals surface area contributed by atoms with Crippen LogP contribution in [-0.2, 0) is 4.74 Å². The van der Waals surface area contributed by atoms with E-state index in [9.17, 15) is 4.79 Å². The van der Waals surface area contributed by atoms with Gasteiger partial charge in [0.2, 0.25) is 0 Å². The minimum atomic E-state index is -0.475. The Morgan fingerprint density at radius 1 is 1.55 bits per heavy atom. The van der Waals surface area contributed by atoms with E-state index in [1.54, 1.807) is 24.6 Å². The molecule has 2 heterocycles. The molecule has 0 spiro atoms. The van der Waals surface area contributed by atoms with Crippen LogP contribution in [0.15, 0.2) is 23.8 Å². The molecule has 2 rings (SSSR count). The lowest BCUT2D eigenvalue weighted by atomic mass is 10.0. The number of esters is 1. The first-order chi connectivity index (χ1) is 9.56. The van der Waals surface area contributed by atoms with Gasteiger partial charge in [-0.1, -0.05) is 19.9 Å². The zero-order valence-electron chi connectivity index (χ0n) is 11.9. The van der Waals surface area contributed by atoms with Gasteiger partial charge in [-0.3, -0.25) is 0 Å². The average molecular weight is 293 g/mol. The van der Waals surface area contributed by atoms with Gasteiger partial charge in [0.25, 0.3) is 0 Å². The summed E-state index contributed by atoms with van der Waals surface area (Å²) in [5.74, 6) is 0.216. The number of rotatable bonds is 5. The Labute approximate surface area is 122 Å². The Morgan fingerprint density at radius 3 is 2.85 bits per heavy atom. The maximum atomic E-state index is 11.8. The number of nitrogens with zero attached hydrogens (tertiary/aromatic N) is 2. The van der Waals surface area contributed by atoms with Crippen LogP contribution >= 0.6 is 11.3 Å². The fourth-order valence-electron chi connectivity index (χ4n) is 2.20. The second kappa shape index (κ2) is 6.09. The third-order valence-electron chi connectivity index (χ3n) is 3.07. The van der Waals surface area contributed by atoms with Gasteiger partial charge in [-0.2, -0.15) is 0 Å². The minimum absolute atomic E-state index is 0.0747. The van der Waals surface area contributed by atoms with Crippen LogP contribution in [0.2, 0.25) is 0 Å². The van der Waals surface area contributed by atoms with Gasteiger partial charge in [-0.15, -0.1) is 11.3 Å². The van der Waals surface area contributed by atoms with Gasteiger partial charge in [-0.05, 0) is 24.3 Å². The van der Waals surface area contributed by atoms with Gasteiger partial charge in [0.05, 0.1) is 19.0 Å². The van der Waals surface area contributed by atoms with E-state index in [1.807, 2.05) is 16.0 Å². The zero-order valence-corrected chi connectivity index (χ0v) is 12.7. The molecule has 108 valence electrons. The van der Waals surface area contributed by atoms with E-state index >= 15 is 0 Å². The van der Waals surface area contributed by atoms with E-state index in [1.165, 1.54) is 4.88 Å². The van der Waals surface area contributed by atoms with Crippen molar-refractivity contribution in [2.45, 2.75) is 26.8 Å². The van der Waals surface area contributed by atoms with Gasteiger partial charge in [0, 0.05) is 4.88 Å². The standard InChI is InChI=1S/C14H19N3O2S/c1-4-19-14(18)11-13(15)17(8-16-11)12(9(2)3)10-6-5-7-20-10/h5-9,12H,4,15H2,1-3H3. The second-order valence-electron chi connectivity index (χ2n) is 4.81. The molecule has 0 bridgehead atoms. The molecule has 0 radical (unpaired) electrons. The van der Waals surface area contributed by atoms with Gasteiger partial charge in [0.15, 0.2) is 5.69 Å². The second-order valence-corrected chi connectivity index (χ2v) is 5.79. The molecule has 6 heteroatoms. The Morgan fingerprint density at radius 2 is 2.30 bits per heavy atom. The van der Waals surface area contributed by atoms with Crippen LogP contribution in [0.5, 0.6) is 0 Å². The quantitative estimate of drug-likeness (QED) is 0.860. The average Bonchev–Trinajstić information content (AvgIpc) is 3.01. The van der Waals surface area contributed by atoms with E-state index in [2.05, 4.69) is 24.9 Å². The number of carbonyl (C=O) groups excluding carboxylic acids is 1. The van der Waals surface area contributed by atoms with E-state index in [4.69, 9.17) is 10.5 Å². The van der Waals surface area contributed by atoms with Crippen molar-refractivity contribution in [3.8, 4) is 0 Å². The highest BCUT2D eigenvalue weighted by atomic mass is 32.1. The highest BCUT2D eigenvalue weighted by Gasteiger charge is 2.25. The highest BCUT2D eigenvalue weighted by molar-refractivity contribution is 7.10. The number of nitrogen functional groups attached to an aromatic ring is 1. The molecule has 20 heavy (non-hydrogen) atoms. The number of anilines is 1. The first kappa shape index (κ1) is 14.6. The number of carbonyl (C=O) groups is 1. The summed E-state index contributed by atoms with van der Waals surface area (Å²) in [7, 11) is 0. The normalized spacial score (nSPS) is 12.6. The van der Waals surface area contributed by atoms with Crippen molar-refractivity contribution < 1.29 is 9.53 Å². The molecule has 1 atom stereocenters. The van der Waals surface area contributed by atoms with Crippen LogP contribution < -0.4 is 5.73 Å². The lowest BCUT2D eigenvalue weighted by molar-refractivity contribution is 0.0521. The van der Waals surface area contributed by atoms with Gasteiger partial charge < -0.3 is 15.0 Å². The summed E-state index contributed by atoms with van der Waals surface area (Å²) >= 11 is 1.67. The van der Waals surface area contributed by atoms with Gasteiger partial charge in [-0.25, -0.2) is 9.78 Å². The first-order valence-corrected chi connectivity index (χ1v) is 7.47. The van der Waals surface area contributed by atoms with E-state index in [-0.39, 0.29) is 11.7 Å². The third kappa shape index (κ3) is 2.70. The lowest BCUT2D eigenvalue weighted by Crippen LogP contribution is -2.18. The van der Waals surface area contributed by atoms with Gasteiger partial charge >= 0.3 is 5.97 Å². The fraction of sp³-hybridized carbons (Fsp3) is 0.429. The topological polar surface area (TPSA) is 70.1 Å². The van der Waals surface area contributed by atoms with Crippen molar-refractivity contribution in [3.05, 3.63) is 34.4 Å². The maximum Gasteiger partial charge on any atom is 0.360 e. The van der Waals surface area contributed by atoms with Crippen molar-refractivity contribution in [3.63, 3.8) is 0 Å². The Hall–Kier alpha value is -1.82. The number of imidazole rings is 1. The molecule has 0 aliphatic rings. The molecule has 5 nitrogen and oxygen atoms in total. The maximum absolute atomic E-state index is 11.8. The van der Waals surface area contributed by atoms with Crippen LogP contribution in [0.1, 0.15) is 42.2 Å². The summed E-state index contributed by atoms with van der Waals surface area (Å²) in [6, 6.07) is 4.15. The Balaban J connectivity index is 2.39. The predicted octanol–water partition coefficient (Wildman–Crippen LogP) is 2.95. The van der Waals surface area contributed by atoms with Crippen molar-refractivity contribution in [1.29, 1.82) is 0 Å². The number of hydrogen-bond donors (Lipinski definition) is 1. The molecule has 0 amide bonds. The summed E-state index contributed by atoms with van der Waals surface area (Å²) in [5.41, 5.74) is 6.27. The largest absolute Gasteiger partial charge is 0.461 e. The van der Waals surface area contributed by atoms with Crippen LogP contribution in [0.4, 0.5) is 5.82 Å². The number of ether oxygens (including phenoxy) is 1. The molecule has 0 aliphatic carbocycles. The molecule has 2 aromatic rings. The van der Waals surface area contributed by atoms with Crippen LogP contribution in [0, 0.1) is 5.92 Å². The molecule has 2 N–H and O–H groups in total. The van der Waals surface area contributed by atoms with Crippen molar-refractivity contribution in [1.82, 2.24) is 9.55 Å². The minimum Gasteiger partial charge on any atom is -0.461 e. The monoisotopic (exact) mass is 293 g/mol. The molecule has 0 aliphatic heterocycles. The summed E-state index contributed by atoms with van der Waals surface area (Å²) < 4.78 is 6.81. The molecular formula is C14H19N3O2S. The molecular weight excluding hydrogens is 274 g/mol. The Kier molecular flexibility index (Phi) is 4.44. The van der Waals surface area contributed by atoms with Crippen LogP contribution in [0.3, 0.4) is 0 Å². The summed E-state index contributed by atoms with van der Waals surface area (Å²) in [5, 5.41) is 2.03.